The highest BCUT2D eigenvalue weighted by atomic mass is 19.1. The molecule has 7 heteroatoms. The van der Waals surface area contributed by atoms with Gasteiger partial charge in [-0.1, -0.05) is 72.8 Å². The predicted octanol–water partition coefficient (Wildman–Crippen LogP) is 6.65. The van der Waals surface area contributed by atoms with Crippen molar-refractivity contribution in [1.29, 1.82) is 0 Å². The molecule has 0 radical (unpaired) electrons. The number of carbonyl (C=O) groups excluding carboxylic acids is 1. The van der Waals surface area contributed by atoms with E-state index in [1.54, 1.807) is 12.1 Å². The fourth-order valence-corrected chi connectivity index (χ4v) is 4.60. The zero-order valence-electron chi connectivity index (χ0n) is 21.3. The summed E-state index contributed by atoms with van der Waals surface area (Å²) in [7, 11) is 0. The molecule has 1 unspecified atom stereocenters. The molecule has 1 amide bonds. The van der Waals surface area contributed by atoms with Crippen LogP contribution < -0.4 is 14.8 Å². The number of hydrogen-bond donors (Lipinski definition) is 2. The Balaban J connectivity index is 1.34. The molecule has 0 saturated carbocycles. The maximum absolute atomic E-state index is 13.3. The lowest BCUT2D eigenvalue weighted by Crippen LogP contribution is -2.24. The van der Waals surface area contributed by atoms with Crippen LogP contribution in [0.3, 0.4) is 0 Å². The van der Waals surface area contributed by atoms with Crippen LogP contribution in [0.25, 0.3) is 0 Å². The molecule has 1 heterocycles. The molecule has 0 aliphatic carbocycles. The average molecular weight is 528 g/mol. The first-order valence-electron chi connectivity index (χ1n) is 12.9. The third-order valence-corrected chi connectivity index (χ3v) is 6.69. The molecule has 4 aromatic carbocycles. The van der Waals surface area contributed by atoms with Crippen LogP contribution in [-0.4, -0.2) is 17.3 Å². The van der Waals surface area contributed by atoms with E-state index in [2.05, 4.69) is 5.32 Å². The highest BCUT2D eigenvalue weighted by molar-refractivity contribution is 5.71. The van der Waals surface area contributed by atoms with Gasteiger partial charge in [-0.25, -0.2) is 9.18 Å². The van der Waals surface area contributed by atoms with E-state index in [0.29, 0.717) is 43.1 Å². The van der Waals surface area contributed by atoms with Gasteiger partial charge in [0.25, 0.3) is 0 Å². The molecule has 2 N–H and O–H groups in total. The Morgan fingerprint density at radius 3 is 2.15 bits per heavy atom. The van der Waals surface area contributed by atoms with Crippen LogP contribution >= 0.6 is 0 Å². The number of rotatable bonds is 11. The Bertz CT molecular complexity index is 1360. The molecule has 6 nitrogen and oxygen atoms in total. The molecule has 1 aliphatic heterocycles. The van der Waals surface area contributed by atoms with Gasteiger partial charge in [0.1, 0.15) is 36.6 Å². The second-order valence-corrected chi connectivity index (χ2v) is 9.46. The van der Waals surface area contributed by atoms with Crippen LogP contribution in [0.4, 0.5) is 9.18 Å². The second kappa shape index (κ2) is 12.5. The predicted molar refractivity (Wildman–Crippen MR) is 145 cm³/mol. The highest BCUT2D eigenvalue weighted by Crippen LogP contribution is 2.37. The summed E-state index contributed by atoms with van der Waals surface area (Å²) < 4.78 is 31.1. The zero-order chi connectivity index (χ0) is 27.0. The summed E-state index contributed by atoms with van der Waals surface area (Å²) in [6.07, 6.45) is -1.14. The minimum Gasteiger partial charge on any atom is -0.489 e. The molecule has 1 saturated heterocycles. The summed E-state index contributed by atoms with van der Waals surface area (Å²) in [5.74, 6) is 0.850. The van der Waals surface area contributed by atoms with Crippen LogP contribution in [0, 0.1) is 5.82 Å². The smallest absolute Gasteiger partial charge is 0.408 e. The maximum Gasteiger partial charge on any atom is 0.408 e. The van der Waals surface area contributed by atoms with Crippen molar-refractivity contribution in [2.24, 2.45) is 0 Å². The molecular weight excluding hydrogens is 497 g/mol. The number of aliphatic hydroxyl groups is 1. The van der Waals surface area contributed by atoms with Crippen molar-refractivity contribution >= 4 is 6.09 Å². The minimum atomic E-state index is -0.812. The lowest BCUT2D eigenvalue weighted by Gasteiger charge is -2.22. The highest BCUT2D eigenvalue weighted by Gasteiger charge is 2.37. The fourth-order valence-electron chi connectivity index (χ4n) is 4.60. The molecule has 0 spiro atoms. The SMILES string of the molecule is O=C1N[C@H](c2ccc(OCc3ccccc3)cc2OCc2ccccc2)[C@@H](CCC(O)c2ccc(F)cc2)O1. The molecule has 4 aromatic rings. The van der Waals surface area contributed by atoms with Gasteiger partial charge in [-0.05, 0) is 53.8 Å². The van der Waals surface area contributed by atoms with Crippen LogP contribution in [0.1, 0.15) is 47.2 Å². The average Bonchev–Trinajstić information content (AvgIpc) is 3.35. The van der Waals surface area contributed by atoms with Gasteiger partial charge in [0.15, 0.2) is 0 Å². The third kappa shape index (κ3) is 6.94. The Hall–Kier alpha value is -4.36. The Kier molecular flexibility index (Phi) is 8.39. The molecule has 200 valence electrons. The first-order valence-corrected chi connectivity index (χ1v) is 12.9. The number of halogens is 1. The van der Waals surface area contributed by atoms with E-state index >= 15 is 0 Å². The van der Waals surface area contributed by atoms with Crippen molar-refractivity contribution in [2.45, 2.75) is 44.3 Å². The number of aliphatic hydroxyl groups excluding tert-OH is 1. The van der Waals surface area contributed by atoms with Crippen molar-refractivity contribution < 1.29 is 28.5 Å². The van der Waals surface area contributed by atoms with E-state index in [1.807, 2.05) is 78.9 Å². The lowest BCUT2D eigenvalue weighted by atomic mass is 9.95. The number of alkyl carbamates (subject to hydrolysis) is 1. The number of nitrogens with one attached hydrogen (secondary N) is 1. The van der Waals surface area contributed by atoms with E-state index in [0.717, 1.165) is 16.7 Å². The van der Waals surface area contributed by atoms with E-state index in [1.165, 1.54) is 12.1 Å². The van der Waals surface area contributed by atoms with Crippen LogP contribution in [0.15, 0.2) is 103 Å². The summed E-state index contributed by atoms with van der Waals surface area (Å²) in [4.78, 5) is 12.3. The summed E-state index contributed by atoms with van der Waals surface area (Å²) >= 11 is 0. The van der Waals surface area contributed by atoms with Crippen LogP contribution in [-0.2, 0) is 18.0 Å². The van der Waals surface area contributed by atoms with Gasteiger partial charge in [-0.15, -0.1) is 0 Å². The summed E-state index contributed by atoms with van der Waals surface area (Å²) in [6, 6.07) is 30.5. The fraction of sp³-hybridized carbons (Fsp3) is 0.219. The molecule has 5 rings (SSSR count). The van der Waals surface area contributed by atoms with E-state index in [4.69, 9.17) is 14.2 Å². The summed E-state index contributed by atoms with van der Waals surface area (Å²) in [6.45, 7) is 0.747. The van der Waals surface area contributed by atoms with Gasteiger partial charge in [-0.3, -0.25) is 0 Å². The first-order chi connectivity index (χ1) is 19.0. The van der Waals surface area contributed by atoms with Crippen LogP contribution in [0.2, 0.25) is 0 Å². The maximum atomic E-state index is 13.3. The van der Waals surface area contributed by atoms with Gasteiger partial charge in [0.2, 0.25) is 0 Å². The largest absolute Gasteiger partial charge is 0.489 e. The van der Waals surface area contributed by atoms with Gasteiger partial charge in [0, 0.05) is 11.6 Å². The van der Waals surface area contributed by atoms with E-state index < -0.39 is 24.3 Å². The van der Waals surface area contributed by atoms with Crippen molar-refractivity contribution in [3.63, 3.8) is 0 Å². The van der Waals surface area contributed by atoms with Gasteiger partial charge in [-0.2, -0.15) is 0 Å². The molecular formula is C32H30FNO5. The molecule has 1 aliphatic rings. The topological polar surface area (TPSA) is 77.0 Å². The molecule has 3 atom stereocenters. The standard InChI is InChI=1S/C32H30FNO5/c33-25-13-11-24(12-14-25)28(35)17-18-29-31(34-32(36)39-29)27-16-15-26(37-20-22-7-3-1-4-8-22)19-30(27)38-21-23-9-5-2-6-10-23/h1-16,19,28-29,31,35H,17-18,20-21H2,(H,34,36)/t28?,29-,31-/m1/s1. The van der Waals surface area contributed by atoms with Gasteiger partial charge in [0.05, 0.1) is 12.1 Å². The van der Waals surface area contributed by atoms with Crippen molar-refractivity contribution in [3.8, 4) is 11.5 Å². The minimum absolute atomic E-state index is 0.334. The normalized spacial score (nSPS) is 17.2. The number of cyclic esters (lactones) is 1. The third-order valence-electron chi connectivity index (χ3n) is 6.69. The number of benzene rings is 4. The Morgan fingerprint density at radius 2 is 1.49 bits per heavy atom. The number of amides is 1. The van der Waals surface area contributed by atoms with Gasteiger partial charge < -0.3 is 24.6 Å². The lowest BCUT2D eigenvalue weighted by molar-refractivity contribution is 0.100. The zero-order valence-corrected chi connectivity index (χ0v) is 21.3. The van der Waals surface area contributed by atoms with Crippen molar-refractivity contribution in [3.05, 3.63) is 131 Å². The Morgan fingerprint density at radius 1 is 0.846 bits per heavy atom. The second-order valence-electron chi connectivity index (χ2n) is 9.46. The number of ether oxygens (including phenoxy) is 3. The molecule has 0 bridgehead atoms. The molecule has 1 fully saturated rings. The number of hydrogen-bond acceptors (Lipinski definition) is 5. The molecule has 0 aromatic heterocycles. The van der Waals surface area contributed by atoms with Crippen molar-refractivity contribution in [1.82, 2.24) is 5.32 Å². The van der Waals surface area contributed by atoms with E-state index in [-0.39, 0.29) is 5.82 Å². The van der Waals surface area contributed by atoms with Crippen molar-refractivity contribution in [2.75, 3.05) is 0 Å². The summed E-state index contributed by atoms with van der Waals surface area (Å²) in [5, 5.41) is 13.5. The summed E-state index contributed by atoms with van der Waals surface area (Å²) in [5.41, 5.74) is 3.41. The first kappa shape index (κ1) is 26.3. The number of carbonyl (C=O) groups is 1. The monoisotopic (exact) mass is 527 g/mol. The Labute approximate surface area is 227 Å². The quantitative estimate of drug-likeness (QED) is 0.228. The van der Waals surface area contributed by atoms with Gasteiger partial charge >= 0.3 is 6.09 Å². The van der Waals surface area contributed by atoms with Crippen LogP contribution in [0.5, 0.6) is 11.5 Å². The van der Waals surface area contributed by atoms with E-state index in [9.17, 15) is 14.3 Å². The molecule has 39 heavy (non-hydrogen) atoms.